The number of aryl methyl sites for hydroxylation is 1. The molecule has 3 N–H and O–H groups in total. The van der Waals surface area contributed by atoms with E-state index < -0.39 is 0 Å². The Bertz CT molecular complexity index is 362. The van der Waals surface area contributed by atoms with Crippen LogP contribution in [0.3, 0.4) is 0 Å². The van der Waals surface area contributed by atoms with Gasteiger partial charge in [-0.05, 0) is 31.7 Å². The van der Waals surface area contributed by atoms with Gasteiger partial charge < -0.3 is 15.7 Å². The second-order valence-electron chi connectivity index (χ2n) is 4.13. The molecule has 100 valence electrons. The summed E-state index contributed by atoms with van der Waals surface area (Å²) in [5.41, 5.74) is 1.92. The summed E-state index contributed by atoms with van der Waals surface area (Å²) in [4.78, 5) is 11.7. The minimum Gasteiger partial charge on any atom is -0.396 e. The third-order valence-electron chi connectivity index (χ3n) is 2.49. The zero-order valence-electron chi connectivity index (χ0n) is 10.8. The number of hydrogen-bond donors (Lipinski definition) is 3. The summed E-state index contributed by atoms with van der Waals surface area (Å²) in [6.45, 7) is 2.08. The van der Waals surface area contributed by atoms with Crippen molar-refractivity contribution < 1.29 is 9.90 Å². The van der Waals surface area contributed by atoms with E-state index in [2.05, 4.69) is 10.6 Å². The van der Waals surface area contributed by atoms with Crippen LogP contribution in [0, 0.1) is 6.92 Å². The minimum absolute atomic E-state index is 0.00421. The third kappa shape index (κ3) is 5.42. The SMILES string of the molecule is CSCC(CCO)NC(=O)Nc1ccc(C)cc1. The number of benzene rings is 1. The summed E-state index contributed by atoms with van der Waals surface area (Å²) in [7, 11) is 0. The van der Waals surface area contributed by atoms with Gasteiger partial charge in [-0.3, -0.25) is 0 Å². The summed E-state index contributed by atoms with van der Waals surface area (Å²) in [5, 5.41) is 14.5. The monoisotopic (exact) mass is 268 g/mol. The Balaban J connectivity index is 2.46. The summed E-state index contributed by atoms with van der Waals surface area (Å²) >= 11 is 1.65. The highest BCUT2D eigenvalue weighted by Crippen LogP contribution is 2.08. The van der Waals surface area contributed by atoms with Crippen LogP contribution in [0.2, 0.25) is 0 Å². The molecule has 0 aliphatic heterocycles. The van der Waals surface area contributed by atoms with Gasteiger partial charge >= 0.3 is 6.03 Å². The van der Waals surface area contributed by atoms with Crippen molar-refractivity contribution in [2.75, 3.05) is 23.9 Å². The zero-order chi connectivity index (χ0) is 13.4. The zero-order valence-corrected chi connectivity index (χ0v) is 11.6. The minimum atomic E-state index is -0.230. The van der Waals surface area contributed by atoms with Gasteiger partial charge in [0.25, 0.3) is 0 Å². The van der Waals surface area contributed by atoms with Crippen molar-refractivity contribution >= 4 is 23.5 Å². The van der Waals surface area contributed by atoms with E-state index in [4.69, 9.17) is 5.11 Å². The summed E-state index contributed by atoms with van der Waals surface area (Å²) in [6.07, 6.45) is 2.55. The van der Waals surface area contributed by atoms with E-state index in [1.165, 1.54) is 0 Å². The Kier molecular flexibility index (Phi) is 6.60. The highest BCUT2D eigenvalue weighted by atomic mass is 32.2. The lowest BCUT2D eigenvalue weighted by Crippen LogP contribution is -2.40. The molecule has 1 rings (SSSR count). The maximum absolute atomic E-state index is 11.7. The first kappa shape index (κ1) is 14.9. The predicted octanol–water partition coefficient (Wildman–Crippen LogP) is 2.23. The lowest BCUT2D eigenvalue weighted by Gasteiger charge is -2.17. The first-order chi connectivity index (χ1) is 8.65. The van der Waals surface area contributed by atoms with Crippen molar-refractivity contribution in [2.45, 2.75) is 19.4 Å². The van der Waals surface area contributed by atoms with Crippen molar-refractivity contribution in [2.24, 2.45) is 0 Å². The summed E-state index contributed by atoms with van der Waals surface area (Å²) < 4.78 is 0. The molecule has 5 heteroatoms. The van der Waals surface area contributed by atoms with Crippen LogP contribution in [0.25, 0.3) is 0 Å². The molecule has 18 heavy (non-hydrogen) atoms. The largest absolute Gasteiger partial charge is 0.396 e. The van der Waals surface area contributed by atoms with Gasteiger partial charge in [0.1, 0.15) is 0 Å². The van der Waals surface area contributed by atoms with Gasteiger partial charge in [0, 0.05) is 24.1 Å². The number of carbonyl (C=O) groups is 1. The number of carbonyl (C=O) groups excluding carboxylic acids is 1. The lowest BCUT2D eigenvalue weighted by molar-refractivity contribution is 0.241. The fourth-order valence-electron chi connectivity index (χ4n) is 1.54. The van der Waals surface area contributed by atoms with Gasteiger partial charge in [-0.25, -0.2) is 4.79 Å². The van der Waals surface area contributed by atoms with Crippen LogP contribution in [0.1, 0.15) is 12.0 Å². The molecule has 0 aromatic heterocycles. The van der Waals surface area contributed by atoms with Crippen molar-refractivity contribution in [3.05, 3.63) is 29.8 Å². The molecule has 1 aromatic rings. The molecular weight excluding hydrogens is 248 g/mol. The Labute approximate surface area is 112 Å². The second-order valence-corrected chi connectivity index (χ2v) is 5.04. The Morgan fingerprint density at radius 3 is 2.61 bits per heavy atom. The number of rotatable bonds is 6. The van der Waals surface area contributed by atoms with Gasteiger partial charge in [-0.15, -0.1) is 0 Å². The Morgan fingerprint density at radius 1 is 1.39 bits per heavy atom. The van der Waals surface area contributed by atoms with Crippen LogP contribution in [0.4, 0.5) is 10.5 Å². The van der Waals surface area contributed by atoms with Gasteiger partial charge in [0.2, 0.25) is 0 Å². The topological polar surface area (TPSA) is 61.4 Å². The first-order valence-corrected chi connectivity index (χ1v) is 7.29. The standard InChI is InChI=1S/C13H20N2O2S/c1-10-3-5-11(6-4-10)14-13(17)15-12(7-8-16)9-18-2/h3-6,12,16H,7-9H2,1-2H3,(H2,14,15,17). The number of aliphatic hydroxyl groups is 1. The number of urea groups is 1. The molecule has 0 bridgehead atoms. The van der Waals surface area contributed by atoms with Gasteiger partial charge in [0.15, 0.2) is 0 Å². The molecule has 0 fully saturated rings. The summed E-state index contributed by atoms with van der Waals surface area (Å²) in [6, 6.07) is 7.39. The van der Waals surface area contributed by atoms with Crippen molar-refractivity contribution in [3.63, 3.8) is 0 Å². The molecular formula is C13H20N2O2S. The van der Waals surface area contributed by atoms with Crippen LogP contribution in [0.5, 0.6) is 0 Å². The molecule has 0 saturated heterocycles. The van der Waals surface area contributed by atoms with Crippen LogP contribution in [0.15, 0.2) is 24.3 Å². The van der Waals surface area contributed by atoms with Crippen LogP contribution < -0.4 is 10.6 Å². The molecule has 0 aliphatic rings. The van der Waals surface area contributed by atoms with Crippen LogP contribution in [-0.4, -0.2) is 35.8 Å². The Morgan fingerprint density at radius 2 is 2.06 bits per heavy atom. The van der Waals surface area contributed by atoms with E-state index in [1.807, 2.05) is 37.4 Å². The smallest absolute Gasteiger partial charge is 0.319 e. The van der Waals surface area contributed by atoms with E-state index in [1.54, 1.807) is 11.8 Å². The molecule has 4 nitrogen and oxygen atoms in total. The van der Waals surface area contributed by atoms with E-state index in [0.717, 1.165) is 17.0 Å². The maximum atomic E-state index is 11.7. The van der Waals surface area contributed by atoms with E-state index in [0.29, 0.717) is 6.42 Å². The van der Waals surface area contributed by atoms with Crippen LogP contribution >= 0.6 is 11.8 Å². The predicted molar refractivity (Wildman–Crippen MR) is 77.2 cm³/mol. The van der Waals surface area contributed by atoms with Crippen molar-refractivity contribution in [3.8, 4) is 0 Å². The second kappa shape index (κ2) is 8.00. The molecule has 2 amide bonds. The number of hydrogen-bond acceptors (Lipinski definition) is 3. The molecule has 0 heterocycles. The molecule has 0 saturated carbocycles. The highest BCUT2D eigenvalue weighted by Gasteiger charge is 2.11. The first-order valence-electron chi connectivity index (χ1n) is 5.89. The van der Waals surface area contributed by atoms with Gasteiger partial charge in [-0.2, -0.15) is 11.8 Å². The maximum Gasteiger partial charge on any atom is 0.319 e. The fourth-order valence-corrected chi connectivity index (χ4v) is 2.20. The lowest BCUT2D eigenvalue weighted by atomic mass is 10.2. The quantitative estimate of drug-likeness (QED) is 0.741. The number of nitrogens with one attached hydrogen (secondary N) is 2. The molecule has 1 unspecified atom stereocenters. The van der Waals surface area contributed by atoms with Gasteiger partial charge in [0.05, 0.1) is 0 Å². The number of amides is 2. The van der Waals surface area contributed by atoms with E-state index >= 15 is 0 Å². The van der Waals surface area contributed by atoms with E-state index in [9.17, 15) is 4.79 Å². The molecule has 0 aliphatic carbocycles. The number of thioether (sulfide) groups is 1. The third-order valence-corrected chi connectivity index (χ3v) is 3.23. The molecule has 0 radical (unpaired) electrons. The number of aliphatic hydroxyl groups excluding tert-OH is 1. The average molecular weight is 268 g/mol. The average Bonchev–Trinajstić information content (AvgIpc) is 2.33. The van der Waals surface area contributed by atoms with E-state index in [-0.39, 0.29) is 18.7 Å². The van der Waals surface area contributed by atoms with Gasteiger partial charge in [-0.1, -0.05) is 17.7 Å². The normalized spacial score (nSPS) is 11.9. The van der Waals surface area contributed by atoms with Crippen molar-refractivity contribution in [1.29, 1.82) is 0 Å². The molecule has 1 atom stereocenters. The fraction of sp³-hybridized carbons (Fsp3) is 0.462. The van der Waals surface area contributed by atoms with Crippen molar-refractivity contribution in [1.82, 2.24) is 5.32 Å². The Hall–Kier alpha value is -1.20. The molecule has 1 aromatic carbocycles. The number of anilines is 1. The highest BCUT2D eigenvalue weighted by molar-refractivity contribution is 7.98. The molecule has 0 spiro atoms. The summed E-state index contributed by atoms with van der Waals surface area (Å²) in [5.74, 6) is 0.794. The van der Waals surface area contributed by atoms with Crippen LogP contribution in [-0.2, 0) is 0 Å².